The summed E-state index contributed by atoms with van der Waals surface area (Å²) in [5.41, 5.74) is 4.16. The third-order valence-corrected chi connectivity index (χ3v) is 6.19. The van der Waals surface area contributed by atoms with E-state index in [1.807, 2.05) is 56.3 Å². The molecule has 28 heavy (non-hydrogen) atoms. The Morgan fingerprint density at radius 1 is 1.07 bits per heavy atom. The minimum Gasteiger partial charge on any atom is -0.330 e. The average Bonchev–Trinajstić information content (AvgIpc) is 3.08. The summed E-state index contributed by atoms with van der Waals surface area (Å²) in [5.74, 6) is 0.305. The van der Waals surface area contributed by atoms with Crippen molar-refractivity contribution in [3.05, 3.63) is 59.7 Å². The lowest BCUT2D eigenvalue weighted by Crippen LogP contribution is -2.23. The van der Waals surface area contributed by atoms with Crippen LogP contribution < -0.4 is 10.6 Å². The Kier molecular flexibility index (Phi) is 6.70. The normalized spacial score (nSPS) is 12.0. The zero-order chi connectivity index (χ0) is 20.1. The Morgan fingerprint density at radius 2 is 1.86 bits per heavy atom. The molecule has 0 aliphatic rings. The fourth-order valence-corrected chi connectivity index (χ4v) is 4.62. The lowest BCUT2D eigenvalue weighted by molar-refractivity contribution is -0.115. The van der Waals surface area contributed by atoms with Crippen LogP contribution >= 0.6 is 23.1 Å². The largest absolute Gasteiger partial charge is 0.330 e. The smallest absolute Gasteiger partial charge is 0.237 e. The molecule has 7 heteroatoms. The molecular weight excluding hydrogens is 388 g/mol. The number of nitrogens with one attached hydrogen (secondary N) is 2. The van der Waals surface area contributed by atoms with E-state index in [2.05, 4.69) is 40.7 Å². The first-order valence-electron chi connectivity index (χ1n) is 9.16. The Morgan fingerprint density at radius 3 is 2.61 bits per heavy atom. The van der Waals surface area contributed by atoms with Gasteiger partial charge in [0.25, 0.3) is 0 Å². The summed E-state index contributed by atoms with van der Waals surface area (Å²) < 4.78 is 0.759. The standard InChI is InChI=1S/C21H24N4OS2/c1-13(2)17-10-5-6-11-18(17)23-19(26)15(4)27-21-25-24-20(28-21)22-16-9-7-8-14(3)12-16/h5-13,15H,1-4H3,(H,22,24)(H,23,26)/t15-/m1/s1. The predicted molar refractivity (Wildman–Crippen MR) is 119 cm³/mol. The van der Waals surface area contributed by atoms with Crippen LogP contribution in [0.25, 0.3) is 0 Å². The van der Waals surface area contributed by atoms with Gasteiger partial charge in [-0.05, 0) is 49.1 Å². The number of thioether (sulfide) groups is 1. The third-order valence-electron chi connectivity index (χ3n) is 4.16. The maximum atomic E-state index is 12.6. The third kappa shape index (κ3) is 5.33. The van der Waals surface area contributed by atoms with Crippen molar-refractivity contribution >= 4 is 45.5 Å². The SMILES string of the molecule is Cc1cccc(Nc2nnc(S[C@H](C)C(=O)Nc3ccccc3C(C)C)s2)c1. The van der Waals surface area contributed by atoms with Crippen molar-refractivity contribution in [2.24, 2.45) is 0 Å². The fraction of sp³-hybridized carbons (Fsp3) is 0.286. The second-order valence-corrected chi connectivity index (χ2v) is 9.42. The molecule has 3 rings (SSSR count). The molecule has 5 nitrogen and oxygen atoms in total. The summed E-state index contributed by atoms with van der Waals surface area (Å²) in [4.78, 5) is 12.6. The van der Waals surface area contributed by atoms with Crippen LogP contribution in [0.5, 0.6) is 0 Å². The van der Waals surface area contributed by atoms with E-state index < -0.39 is 0 Å². The fourth-order valence-electron chi connectivity index (χ4n) is 2.71. The van der Waals surface area contributed by atoms with Crippen molar-refractivity contribution in [3.63, 3.8) is 0 Å². The number of rotatable bonds is 7. The maximum Gasteiger partial charge on any atom is 0.237 e. The van der Waals surface area contributed by atoms with E-state index in [-0.39, 0.29) is 11.2 Å². The van der Waals surface area contributed by atoms with Crippen molar-refractivity contribution in [1.82, 2.24) is 10.2 Å². The number of anilines is 3. The van der Waals surface area contributed by atoms with Gasteiger partial charge in [0.15, 0.2) is 4.34 Å². The van der Waals surface area contributed by atoms with Gasteiger partial charge in [-0.15, -0.1) is 10.2 Å². The molecule has 0 aliphatic carbocycles. The van der Waals surface area contributed by atoms with Crippen molar-refractivity contribution in [2.45, 2.75) is 43.2 Å². The zero-order valence-corrected chi connectivity index (χ0v) is 18.0. The Labute approximate surface area is 174 Å². The second-order valence-electron chi connectivity index (χ2n) is 6.86. The minimum atomic E-state index is -0.278. The number of hydrogen-bond acceptors (Lipinski definition) is 6. The molecule has 0 saturated carbocycles. The number of aromatic nitrogens is 2. The zero-order valence-electron chi connectivity index (χ0n) is 16.4. The van der Waals surface area contributed by atoms with Gasteiger partial charge < -0.3 is 10.6 Å². The lowest BCUT2D eigenvalue weighted by Gasteiger charge is -2.15. The van der Waals surface area contributed by atoms with Crippen LogP contribution in [-0.2, 0) is 4.79 Å². The van der Waals surface area contributed by atoms with Crippen molar-refractivity contribution in [2.75, 3.05) is 10.6 Å². The highest BCUT2D eigenvalue weighted by atomic mass is 32.2. The van der Waals surface area contributed by atoms with Gasteiger partial charge >= 0.3 is 0 Å². The van der Waals surface area contributed by atoms with Gasteiger partial charge in [-0.2, -0.15) is 0 Å². The summed E-state index contributed by atoms with van der Waals surface area (Å²) in [6.07, 6.45) is 0. The molecule has 0 fully saturated rings. The van der Waals surface area contributed by atoms with Gasteiger partial charge in [0.1, 0.15) is 0 Å². The first kappa shape index (κ1) is 20.4. The molecule has 0 aliphatic heterocycles. The molecule has 0 bridgehead atoms. The van der Waals surface area contributed by atoms with Crippen LogP contribution in [0.4, 0.5) is 16.5 Å². The number of nitrogens with zero attached hydrogens (tertiary/aromatic N) is 2. The summed E-state index contributed by atoms with van der Waals surface area (Å²) in [6.45, 7) is 8.16. The topological polar surface area (TPSA) is 66.9 Å². The average molecular weight is 413 g/mol. The van der Waals surface area contributed by atoms with Gasteiger partial charge in [-0.1, -0.05) is 67.3 Å². The molecule has 1 aromatic heterocycles. The highest BCUT2D eigenvalue weighted by Crippen LogP contribution is 2.31. The molecule has 2 N–H and O–H groups in total. The molecule has 3 aromatic rings. The molecular formula is C21H24N4OS2. The van der Waals surface area contributed by atoms with Gasteiger partial charge in [-0.3, -0.25) is 4.79 Å². The van der Waals surface area contributed by atoms with E-state index in [0.29, 0.717) is 11.0 Å². The molecule has 0 spiro atoms. The molecule has 1 heterocycles. The Hall–Kier alpha value is -2.38. The molecule has 0 saturated heterocycles. The number of benzene rings is 2. The Balaban J connectivity index is 1.61. The number of carbonyl (C=O) groups excluding carboxylic acids is 1. The van der Waals surface area contributed by atoms with Crippen LogP contribution in [0, 0.1) is 6.92 Å². The first-order valence-corrected chi connectivity index (χ1v) is 10.9. The first-order chi connectivity index (χ1) is 13.4. The summed E-state index contributed by atoms with van der Waals surface area (Å²) in [6, 6.07) is 16.0. The number of carbonyl (C=O) groups is 1. The minimum absolute atomic E-state index is 0.0403. The van der Waals surface area contributed by atoms with Crippen LogP contribution in [0.1, 0.15) is 37.8 Å². The summed E-state index contributed by atoms with van der Waals surface area (Å²) in [5, 5.41) is 15.1. The number of hydrogen-bond donors (Lipinski definition) is 2. The Bertz CT molecular complexity index is 955. The second kappa shape index (κ2) is 9.21. The van der Waals surface area contributed by atoms with Crippen LogP contribution in [0.15, 0.2) is 52.9 Å². The van der Waals surface area contributed by atoms with E-state index in [1.54, 1.807) is 0 Å². The maximum absolute atomic E-state index is 12.6. The molecule has 0 unspecified atom stereocenters. The molecule has 0 radical (unpaired) electrons. The van der Waals surface area contributed by atoms with E-state index in [9.17, 15) is 4.79 Å². The lowest BCUT2D eigenvalue weighted by atomic mass is 10.0. The van der Waals surface area contributed by atoms with E-state index in [1.165, 1.54) is 28.7 Å². The van der Waals surface area contributed by atoms with E-state index >= 15 is 0 Å². The molecule has 1 amide bonds. The van der Waals surface area contributed by atoms with Crippen molar-refractivity contribution in [1.29, 1.82) is 0 Å². The predicted octanol–water partition coefficient (Wildman–Crippen LogP) is 5.83. The molecule has 2 aromatic carbocycles. The highest BCUT2D eigenvalue weighted by Gasteiger charge is 2.19. The van der Waals surface area contributed by atoms with Crippen LogP contribution in [0.3, 0.4) is 0 Å². The number of amides is 1. The van der Waals surface area contributed by atoms with Crippen LogP contribution in [0.2, 0.25) is 0 Å². The summed E-state index contributed by atoms with van der Waals surface area (Å²) in [7, 11) is 0. The van der Waals surface area contributed by atoms with Crippen molar-refractivity contribution in [3.8, 4) is 0 Å². The van der Waals surface area contributed by atoms with Gasteiger partial charge in [0.05, 0.1) is 5.25 Å². The quantitative estimate of drug-likeness (QED) is 0.478. The molecule has 1 atom stereocenters. The van der Waals surface area contributed by atoms with Gasteiger partial charge in [0, 0.05) is 11.4 Å². The van der Waals surface area contributed by atoms with Crippen LogP contribution in [-0.4, -0.2) is 21.4 Å². The van der Waals surface area contributed by atoms with E-state index in [4.69, 9.17) is 0 Å². The summed E-state index contributed by atoms with van der Waals surface area (Å²) >= 11 is 2.86. The highest BCUT2D eigenvalue weighted by molar-refractivity contribution is 8.02. The molecule has 146 valence electrons. The van der Waals surface area contributed by atoms with Gasteiger partial charge in [-0.25, -0.2) is 0 Å². The number of aryl methyl sites for hydroxylation is 1. The number of para-hydroxylation sites is 1. The monoisotopic (exact) mass is 412 g/mol. The van der Waals surface area contributed by atoms with E-state index in [0.717, 1.165) is 21.3 Å². The van der Waals surface area contributed by atoms with Crippen molar-refractivity contribution < 1.29 is 4.79 Å². The van der Waals surface area contributed by atoms with Gasteiger partial charge in [0.2, 0.25) is 11.0 Å².